The van der Waals surface area contributed by atoms with Crippen LogP contribution in [0, 0.1) is 5.92 Å². The van der Waals surface area contributed by atoms with E-state index in [-0.39, 0.29) is 0 Å². The first-order valence-corrected chi connectivity index (χ1v) is 8.74. The van der Waals surface area contributed by atoms with E-state index in [1.165, 1.54) is 56.5 Å². The van der Waals surface area contributed by atoms with Gasteiger partial charge in [-0.15, -0.1) is 11.6 Å². The number of ether oxygens (including phenoxy) is 1. The molecule has 1 heterocycles. The maximum absolute atomic E-state index is 6.35. The highest BCUT2D eigenvalue weighted by Crippen LogP contribution is 2.42. The van der Waals surface area contributed by atoms with E-state index in [4.69, 9.17) is 16.3 Å². The second kappa shape index (κ2) is 6.68. The molecule has 1 aliphatic carbocycles. The van der Waals surface area contributed by atoms with Gasteiger partial charge in [-0.2, -0.15) is 11.8 Å². The van der Waals surface area contributed by atoms with Crippen LogP contribution in [-0.4, -0.2) is 29.1 Å². The molecule has 1 saturated carbocycles. The van der Waals surface area contributed by atoms with Crippen molar-refractivity contribution in [3.05, 3.63) is 0 Å². The van der Waals surface area contributed by atoms with Crippen LogP contribution < -0.4 is 0 Å². The zero-order valence-corrected chi connectivity index (χ0v) is 12.5. The lowest BCUT2D eigenvalue weighted by molar-refractivity contribution is -0.0555. The van der Waals surface area contributed by atoms with Crippen LogP contribution in [0.4, 0.5) is 0 Å². The summed E-state index contributed by atoms with van der Waals surface area (Å²) in [5.41, 5.74) is 0.293. The Morgan fingerprint density at radius 1 is 1.29 bits per heavy atom. The van der Waals surface area contributed by atoms with Crippen LogP contribution in [0.5, 0.6) is 0 Å². The lowest BCUT2D eigenvalue weighted by atomic mass is 9.83. The molecule has 0 amide bonds. The maximum Gasteiger partial charge on any atom is 0.0687 e. The second-order valence-corrected chi connectivity index (χ2v) is 7.20. The van der Waals surface area contributed by atoms with Crippen molar-refractivity contribution in [2.45, 2.75) is 63.6 Å². The molecule has 100 valence electrons. The smallest absolute Gasteiger partial charge is 0.0687 e. The Labute approximate surface area is 115 Å². The quantitative estimate of drug-likeness (QED) is 0.685. The van der Waals surface area contributed by atoms with Gasteiger partial charge >= 0.3 is 0 Å². The highest BCUT2D eigenvalue weighted by molar-refractivity contribution is 7.99. The number of halogens is 1. The predicted octanol–water partition coefficient (Wildman–Crippen LogP) is 4.48. The van der Waals surface area contributed by atoms with E-state index < -0.39 is 0 Å². The Balaban J connectivity index is 1.67. The van der Waals surface area contributed by atoms with Crippen LogP contribution >= 0.6 is 23.4 Å². The molecule has 1 spiro atoms. The second-order valence-electron chi connectivity index (χ2n) is 5.82. The van der Waals surface area contributed by atoms with E-state index in [9.17, 15) is 0 Å². The SMILES string of the molecule is CC(CCl)CSCC1CCC2(CCCCC2)O1. The summed E-state index contributed by atoms with van der Waals surface area (Å²) in [5.74, 6) is 3.76. The fourth-order valence-electron chi connectivity index (χ4n) is 3.02. The summed E-state index contributed by atoms with van der Waals surface area (Å²) in [6, 6.07) is 0. The third kappa shape index (κ3) is 4.04. The topological polar surface area (TPSA) is 9.23 Å². The Kier molecular flexibility index (Phi) is 5.50. The van der Waals surface area contributed by atoms with E-state index in [0.717, 1.165) is 5.88 Å². The first kappa shape index (κ1) is 14.0. The Hall–Kier alpha value is 0.600. The minimum Gasteiger partial charge on any atom is -0.371 e. The molecule has 2 rings (SSSR count). The summed E-state index contributed by atoms with van der Waals surface area (Å²) in [6.45, 7) is 2.22. The summed E-state index contributed by atoms with van der Waals surface area (Å²) in [5, 5.41) is 0. The molecule has 1 aliphatic heterocycles. The summed E-state index contributed by atoms with van der Waals surface area (Å²) in [6.07, 6.45) is 9.90. The molecule has 2 fully saturated rings. The van der Waals surface area contributed by atoms with Gasteiger partial charge in [0.25, 0.3) is 0 Å². The van der Waals surface area contributed by atoms with Crippen molar-refractivity contribution in [1.29, 1.82) is 0 Å². The summed E-state index contributed by atoms with van der Waals surface area (Å²) in [4.78, 5) is 0. The summed E-state index contributed by atoms with van der Waals surface area (Å²) >= 11 is 7.84. The molecule has 1 saturated heterocycles. The predicted molar refractivity (Wildman–Crippen MR) is 77.1 cm³/mol. The minimum absolute atomic E-state index is 0.293. The Morgan fingerprint density at radius 2 is 2.06 bits per heavy atom. The fraction of sp³-hybridized carbons (Fsp3) is 1.00. The fourth-order valence-corrected chi connectivity index (χ4v) is 4.41. The van der Waals surface area contributed by atoms with Gasteiger partial charge in [0.2, 0.25) is 0 Å². The molecule has 17 heavy (non-hydrogen) atoms. The van der Waals surface area contributed by atoms with E-state index in [2.05, 4.69) is 6.92 Å². The van der Waals surface area contributed by atoms with Crippen molar-refractivity contribution in [3.8, 4) is 0 Å². The van der Waals surface area contributed by atoms with Gasteiger partial charge in [0.15, 0.2) is 0 Å². The lowest BCUT2D eigenvalue weighted by Crippen LogP contribution is -2.32. The van der Waals surface area contributed by atoms with Gasteiger partial charge in [0.05, 0.1) is 11.7 Å². The molecule has 2 aliphatic rings. The van der Waals surface area contributed by atoms with Crippen molar-refractivity contribution < 1.29 is 4.74 Å². The van der Waals surface area contributed by atoms with E-state index in [1.807, 2.05) is 11.8 Å². The van der Waals surface area contributed by atoms with Crippen LogP contribution in [0.25, 0.3) is 0 Å². The average Bonchev–Trinajstić information content (AvgIpc) is 2.73. The molecule has 0 aromatic heterocycles. The van der Waals surface area contributed by atoms with Crippen LogP contribution in [0.1, 0.15) is 51.9 Å². The van der Waals surface area contributed by atoms with E-state index in [0.29, 0.717) is 17.6 Å². The standard InChI is InChI=1S/C14H25ClOS/c1-12(9-15)10-17-11-13-5-8-14(16-13)6-3-2-4-7-14/h12-13H,2-11H2,1H3. The average molecular weight is 277 g/mol. The molecule has 0 N–H and O–H groups in total. The molecule has 0 radical (unpaired) electrons. The van der Waals surface area contributed by atoms with Gasteiger partial charge < -0.3 is 4.74 Å². The lowest BCUT2D eigenvalue weighted by Gasteiger charge is -2.33. The van der Waals surface area contributed by atoms with E-state index >= 15 is 0 Å². The van der Waals surface area contributed by atoms with Crippen LogP contribution in [0.2, 0.25) is 0 Å². The summed E-state index contributed by atoms with van der Waals surface area (Å²) < 4.78 is 6.35. The molecule has 0 bridgehead atoms. The molecule has 1 nitrogen and oxygen atoms in total. The Morgan fingerprint density at radius 3 is 2.76 bits per heavy atom. The number of hydrogen-bond donors (Lipinski definition) is 0. The molecule has 0 aromatic rings. The monoisotopic (exact) mass is 276 g/mol. The number of alkyl halides is 1. The summed E-state index contributed by atoms with van der Waals surface area (Å²) in [7, 11) is 0. The minimum atomic E-state index is 0.293. The Bertz CT molecular complexity index is 228. The zero-order chi connectivity index (χ0) is 12.1. The van der Waals surface area contributed by atoms with Crippen molar-refractivity contribution in [1.82, 2.24) is 0 Å². The van der Waals surface area contributed by atoms with Crippen LogP contribution in [0.3, 0.4) is 0 Å². The normalized spacial score (nSPS) is 29.6. The first-order chi connectivity index (χ1) is 8.24. The van der Waals surface area contributed by atoms with Gasteiger partial charge in [-0.1, -0.05) is 26.2 Å². The zero-order valence-electron chi connectivity index (χ0n) is 10.9. The van der Waals surface area contributed by atoms with Crippen LogP contribution in [-0.2, 0) is 4.74 Å². The molecule has 2 unspecified atom stereocenters. The highest BCUT2D eigenvalue weighted by Gasteiger charge is 2.40. The molecule has 2 atom stereocenters. The maximum atomic E-state index is 6.35. The van der Waals surface area contributed by atoms with Crippen molar-refractivity contribution in [2.75, 3.05) is 17.4 Å². The van der Waals surface area contributed by atoms with Gasteiger partial charge in [0, 0.05) is 11.6 Å². The number of rotatable bonds is 5. The van der Waals surface area contributed by atoms with Gasteiger partial charge in [0.1, 0.15) is 0 Å². The van der Waals surface area contributed by atoms with Gasteiger partial charge in [-0.3, -0.25) is 0 Å². The van der Waals surface area contributed by atoms with E-state index in [1.54, 1.807) is 0 Å². The molecular weight excluding hydrogens is 252 g/mol. The van der Waals surface area contributed by atoms with Crippen LogP contribution in [0.15, 0.2) is 0 Å². The molecule has 0 aromatic carbocycles. The highest BCUT2D eigenvalue weighted by atomic mass is 35.5. The van der Waals surface area contributed by atoms with Crippen molar-refractivity contribution in [3.63, 3.8) is 0 Å². The number of hydrogen-bond acceptors (Lipinski definition) is 2. The van der Waals surface area contributed by atoms with Gasteiger partial charge in [-0.05, 0) is 37.4 Å². The third-order valence-corrected chi connectivity index (χ3v) is 6.01. The van der Waals surface area contributed by atoms with Crippen molar-refractivity contribution in [2.24, 2.45) is 5.92 Å². The largest absolute Gasteiger partial charge is 0.371 e. The molecule has 3 heteroatoms. The number of thioether (sulfide) groups is 1. The third-order valence-electron chi connectivity index (χ3n) is 4.07. The first-order valence-electron chi connectivity index (χ1n) is 7.06. The van der Waals surface area contributed by atoms with Gasteiger partial charge in [-0.25, -0.2) is 0 Å². The van der Waals surface area contributed by atoms with Crippen molar-refractivity contribution >= 4 is 23.4 Å². The molecular formula is C14H25ClOS.